The van der Waals surface area contributed by atoms with Crippen LogP contribution in [-0.4, -0.2) is 76.2 Å². The summed E-state index contributed by atoms with van der Waals surface area (Å²) in [4.78, 5) is 77.3. The third-order valence-corrected chi connectivity index (χ3v) is 25.1. The molecule has 12 aromatic carbocycles. The van der Waals surface area contributed by atoms with Gasteiger partial charge < -0.3 is 87.5 Å². The van der Waals surface area contributed by atoms with Gasteiger partial charge in [0.25, 0.3) is 38.8 Å². The molecule has 12 aromatic rings. The summed E-state index contributed by atoms with van der Waals surface area (Å²) in [5.74, 6) is 0. The van der Waals surface area contributed by atoms with Crippen LogP contribution in [0.1, 0.15) is 203 Å². The monoisotopic (exact) mass is 2160 g/mol. The first-order chi connectivity index (χ1) is 62.7. The van der Waals surface area contributed by atoms with Crippen molar-refractivity contribution in [3.63, 3.8) is 0 Å². The van der Waals surface area contributed by atoms with Crippen LogP contribution in [0.15, 0.2) is 218 Å². The number of hydrogen-bond donors (Lipinski definition) is 0. The van der Waals surface area contributed by atoms with E-state index < -0.39 is 0 Å². The van der Waals surface area contributed by atoms with E-state index in [9.17, 15) is 28.8 Å². The van der Waals surface area contributed by atoms with Gasteiger partial charge in [0.1, 0.15) is 0 Å². The minimum Gasteiger partial charge on any atom is -0.444 e. The number of carbonyl (C=O) groups excluding carboxylic acids is 6. The molecule has 0 amide bonds. The molecule has 18 nitrogen and oxygen atoms in total. The van der Waals surface area contributed by atoms with Crippen molar-refractivity contribution in [1.29, 1.82) is 0 Å². The number of benzene rings is 12. The van der Waals surface area contributed by atoms with Crippen LogP contribution in [0, 0.1) is 113 Å². The number of fused-ring (bicyclic) bond motifs is 12. The van der Waals surface area contributed by atoms with Crippen LogP contribution >= 0.6 is 0 Å². The number of hydrogen-bond acceptors (Lipinski definition) is 18. The predicted octanol–water partition coefficient (Wildman–Crippen LogP) is 27.0. The molecule has 6 atom stereocenters. The summed E-state index contributed by atoms with van der Waals surface area (Å²) in [6, 6.07) is 75.8. The van der Waals surface area contributed by atoms with Gasteiger partial charge in [-0.25, -0.2) is 0 Å². The largest absolute Gasteiger partial charge is 0.444 e. The fourth-order valence-electron chi connectivity index (χ4n) is 18.7. The van der Waals surface area contributed by atoms with E-state index in [1.54, 1.807) is 0 Å². The van der Waals surface area contributed by atoms with E-state index in [1.165, 1.54) is 145 Å². The first-order valence-corrected chi connectivity index (χ1v) is 45.1. The van der Waals surface area contributed by atoms with Gasteiger partial charge in [-0.2, -0.15) is 0 Å². The standard InChI is InChI=1S/6C18H19NO2.2C2H6.4CH3.4Y/c1-12-8-16-10-15-6-4-5-7-17(15)19(14(3)21-11-20)18(16)9-13(12)2;1-12-8-13(2)16-10-15-6-4-5-7-17(15)19(18(16)9-12)14(3)21-11-20;1-12-8-13(2)18-16(9-12)10-15-6-4-5-7-17(15)19(18)14(3)21-11-20;1-12-8-9-18-16(13(12)2)10-15-6-4-5-7-17(15)19(18)14(3)21-11-20;1-12-8-9-16-10-15-6-4-5-7-17(15)19(14(3)21-11-20)18(16)13(12)2;1-12-8-9-13(2)18-16(12)10-15-6-4-5-7-17(15)19(18)14(3)21-11-20;2*1-2;;;;;;;;/h6*4-9,11,14H,10H2,1-3H3;2*1-2H3;4*1H3;;;;/q;;;;;;;;4*-1;;;;. The van der Waals surface area contributed by atoms with Gasteiger partial charge in [-0.05, 0) is 307 Å². The maximum atomic E-state index is 10.8. The second-order valence-corrected chi connectivity index (χ2v) is 33.3. The van der Waals surface area contributed by atoms with Crippen molar-refractivity contribution < 1.29 is 188 Å². The van der Waals surface area contributed by atoms with Crippen molar-refractivity contribution in [2.75, 3.05) is 29.4 Å². The fraction of sp³-hybridized carbons (Fsp3) is 0.293. The number of carbonyl (C=O) groups is 6. The van der Waals surface area contributed by atoms with Crippen LogP contribution in [0.5, 0.6) is 0 Å². The minimum atomic E-state index is -0.330. The summed E-state index contributed by atoms with van der Waals surface area (Å²) in [6.07, 6.45) is 3.52. The number of nitrogens with zero attached hydrogens (tertiary/aromatic N) is 6. The molecular formula is C116H138N6O12Y4-4. The van der Waals surface area contributed by atoms with Crippen molar-refractivity contribution in [2.45, 2.75) is 228 Å². The van der Waals surface area contributed by atoms with Crippen molar-refractivity contribution in [3.8, 4) is 0 Å². The Morgan fingerprint density at radius 1 is 0.217 bits per heavy atom. The second kappa shape index (κ2) is 57.6. The van der Waals surface area contributed by atoms with E-state index in [0.717, 1.165) is 95.4 Å². The molecule has 0 aromatic heterocycles. The Morgan fingerprint density at radius 3 is 0.942 bits per heavy atom. The fourth-order valence-corrected chi connectivity index (χ4v) is 18.7. The van der Waals surface area contributed by atoms with Crippen LogP contribution in [0.3, 0.4) is 0 Å². The summed E-state index contributed by atoms with van der Waals surface area (Å²) in [5.41, 5.74) is 44.0. The zero-order valence-electron chi connectivity index (χ0n) is 85.8. The molecule has 0 aliphatic carbocycles. The van der Waals surface area contributed by atoms with E-state index in [2.05, 4.69) is 282 Å². The molecule has 720 valence electrons. The molecule has 6 heterocycles. The molecular weight excluding hydrogens is 2020 g/mol. The number of para-hydroxylation sites is 6. The summed E-state index contributed by atoms with van der Waals surface area (Å²) < 4.78 is 31.3. The van der Waals surface area contributed by atoms with Crippen LogP contribution in [-0.2, 0) is 227 Å². The predicted molar refractivity (Wildman–Crippen MR) is 552 cm³/mol. The molecule has 6 aliphatic rings. The number of rotatable bonds is 18. The van der Waals surface area contributed by atoms with Gasteiger partial charge in [0.05, 0.1) is 17.1 Å². The van der Waals surface area contributed by atoms with Gasteiger partial charge in [-0.15, -0.1) is 0 Å². The van der Waals surface area contributed by atoms with E-state index in [-0.39, 0.29) is 198 Å². The topological polar surface area (TPSA) is 177 Å². The molecule has 138 heavy (non-hydrogen) atoms. The maximum Gasteiger partial charge on any atom is 0.295 e. The second-order valence-electron chi connectivity index (χ2n) is 33.3. The molecule has 6 aliphatic heterocycles. The van der Waals surface area contributed by atoms with Gasteiger partial charge in [-0.1, -0.05) is 197 Å². The number of ether oxygens (including phenoxy) is 6. The molecule has 6 unspecified atom stereocenters. The van der Waals surface area contributed by atoms with Crippen LogP contribution in [0.2, 0.25) is 0 Å². The number of aryl methyl sites for hydroxylation is 10. The molecule has 22 heteroatoms. The van der Waals surface area contributed by atoms with Gasteiger partial charge in [0.2, 0.25) is 0 Å². The van der Waals surface area contributed by atoms with Crippen molar-refractivity contribution in [3.05, 3.63) is 382 Å². The summed E-state index contributed by atoms with van der Waals surface area (Å²) in [5, 5.41) is 0. The van der Waals surface area contributed by atoms with Crippen LogP contribution < -0.4 is 29.4 Å². The van der Waals surface area contributed by atoms with Crippen molar-refractivity contribution in [2.24, 2.45) is 0 Å². The first kappa shape index (κ1) is 123. The normalized spacial score (nSPS) is 13.0. The minimum absolute atomic E-state index is 0. The smallest absolute Gasteiger partial charge is 0.295 e. The molecule has 0 saturated carbocycles. The van der Waals surface area contributed by atoms with E-state index in [0.29, 0.717) is 38.8 Å². The number of anilines is 12. The molecule has 0 N–H and O–H groups in total. The van der Waals surface area contributed by atoms with Crippen LogP contribution in [0.4, 0.5) is 68.2 Å². The van der Waals surface area contributed by atoms with Gasteiger partial charge in [-0.3, -0.25) is 28.8 Å². The van der Waals surface area contributed by atoms with Gasteiger partial charge >= 0.3 is 0 Å². The van der Waals surface area contributed by atoms with E-state index >= 15 is 0 Å². The summed E-state index contributed by atoms with van der Waals surface area (Å²) in [7, 11) is 0. The Kier molecular flexibility index (Phi) is 51.2. The third-order valence-electron chi connectivity index (χ3n) is 25.1. The molecule has 0 saturated heterocycles. The Bertz CT molecular complexity index is 5990. The van der Waals surface area contributed by atoms with E-state index in [1.807, 2.05) is 118 Å². The third kappa shape index (κ3) is 27.5. The zero-order valence-corrected chi connectivity index (χ0v) is 97.2. The summed E-state index contributed by atoms with van der Waals surface area (Å²) >= 11 is 0. The zero-order chi connectivity index (χ0) is 93.9. The quantitative estimate of drug-likeness (QED) is 0.0450. The maximum absolute atomic E-state index is 10.8. The van der Waals surface area contributed by atoms with Crippen LogP contribution in [0.25, 0.3) is 0 Å². The molecule has 18 rings (SSSR count). The summed E-state index contributed by atoms with van der Waals surface area (Å²) in [6.45, 7) is 48.0. The SMILES string of the molecule is CC.CC.Cc1cc(C)c2c(c1)Cc1ccccc1N2C(C)OC=O.Cc1cc(C)c2c(c1)N(C(C)OC=O)c1ccccc1C2.Cc1cc2c(cc1C)N(C(C)OC=O)c1ccccc1C2.Cc1ccc(C)c2c1Cc1ccccc1N2C(C)OC=O.Cc1ccc2c(c1C)Cc1ccccc1N2C(C)OC=O.Cc1ccc2c(c1C)N(C(C)OC=O)c1ccccc1C2.[CH3-].[CH3-].[CH3-].[CH3-].[Y].[Y].[Y].[Y]. The van der Waals surface area contributed by atoms with Crippen molar-refractivity contribution in [1.82, 2.24) is 0 Å². The Hall–Kier alpha value is -9.32. The first-order valence-electron chi connectivity index (χ1n) is 45.1. The van der Waals surface area contributed by atoms with E-state index in [4.69, 9.17) is 28.4 Å². The Labute approximate surface area is 924 Å². The van der Waals surface area contributed by atoms with Gasteiger partial charge in [0, 0.05) is 221 Å². The average Bonchev–Trinajstić information content (AvgIpc) is 0.671. The van der Waals surface area contributed by atoms with Crippen molar-refractivity contribution >= 4 is 107 Å². The molecule has 0 fully saturated rings. The van der Waals surface area contributed by atoms with Gasteiger partial charge in [0.15, 0.2) is 37.4 Å². The Morgan fingerprint density at radius 2 is 0.514 bits per heavy atom. The average molecular weight is 2160 g/mol. The molecule has 0 bridgehead atoms. The molecule has 4 radical (unpaired) electrons. The molecule has 0 spiro atoms. The Balaban J connectivity index is 0.000000418.